The van der Waals surface area contributed by atoms with Gasteiger partial charge in [0.25, 0.3) is 5.91 Å². The lowest BCUT2D eigenvalue weighted by Gasteiger charge is -2.11. The molecule has 0 fully saturated rings. The Labute approximate surface area is 127 Å². The van der Waals surface area contributed by atoms with E-state index in [1.807, 2.05) is 25.1 Å². The van der Waals surface area contributed by atoms with Gasteiger partial charge in [-0.05, 0) is 30.7 Å². The summed E-state index contributed by atoms with van der Waals surface area (Å²) in [5.74, 6) is -0.102. The molecule has 0 heterocycles. The molecule has 1 N–H and O–H groups in total. The number of carbonyl (C=O) groups is 2. The third-order valence-corrected chi connectivity index (χ3v) is 3.19. The normalized spacial score (nSPS) is 10.0. The summed E-state index contributed by atoms with van der Waals surface area (Å²) >= 11 is 5.96. The Hall–Kier alpha value is -2.33. The van der Waals surface area contributed by atoms with Gasteiger partial charge in [-0.25, -0.2) is 0 Å². The number of benzene rings is 2. The van der Waals surface area contributed by atoms with E-state index >= 15 is 0 Å². The molecule has 0 aliphatic rings. The SMILES string of the molecule is Cc1ccccc1NC(=O)COc1c(Cl)cccc1C=O. The first-order valence-corrected chi connectivity index (χ1v) is 6.71. The highest BCUT2D eigenvalue weighted by Gasteiger charge is 2.11. The van der Waals surface area contributed by atoms with Gasteiger partial charge in [-0.3, -0.25) is 9.59 Å². The maximum absolute atomic E-state index is 11.9. The van der Waals surface area contributed by atoms with E-state index in [1.165, 1.54) is 0 Å². The number of amides is 1. The summed E-state index contributed by atoms with van der Waals surface area (Å²) in [6.45, 7) is 1.67. The van der Waals surface area contributed by atoms with Crippen molar-refractivity contribution in [3.63, 3.8) is 0 Å². The number of nitrogens with one attached hydrogen (secondary N) is 1. The van der Waals surface area contributed by atoms with Crippen molar-refractivity contribution in [2.75, 3.05) is 11.9 Å². The number of aldehydes is 1. The minimum atomic E-state index is -0.318. The molecule has 5 heteroatoms. The maximum Gasteiger partial charge on any atom is 0.262 e. The highest BCUT2D eigenvalue weighted by atomic mass is 35.5. The molecule has 0 atom stereocenters. The van der Waals surface area contributed by atoms with Gasteiger partial charge in [0.15, 0.2) is 12.9 Å². The van der Waals surface area contributed by atoms with Crippen LogP contribution >= 0.6 is 11.6 Å². The molecule has 0 unspecified atom stereocenters. The van der Waals surface area contributed by atoms with E-state index in [0.29, 0.717) is 16.9 Å². The van der Waals surface area contributed by atoms with E-state index in [4.69, 9.17) is 16.3 Å². The van der Waals surface area contributed by atoms with E-state index in [2.05, 4.69) is 5.32 Å². The molecule has 0 saturated heterocycles. The molecule has 4 nitrogen and oxygen atoms in total. The number of para-hydroxylation sites is 2. The number of hydrogen-bond donors (Lipinski definition) is 1. The van der Waals surface area contributed by atoms with Crippen LogP contribution < -0.4 is 10.1 Å². The molecule has 2 aromatic carbocycles. The molecule has 2 rings (SSSR count). The van der Waals surface area contributed by atoms with Gasteiger partial charge in [-0.15, -0.1) is 0 Å². The summed E-state index contributed by atoms with van der Waals surface area (Å²) in [7, 11) is 0. The fourth-order valence-corrected chi connectivity index (χ4v) is 2.04. The van der Waals surface area contributed by atoms with E-state index in [-0.39, 0.29) is 18.3 Å². The smallest absolute Gasteiger partial charge is 0.262 e. The van der Waals surface area contributed by atoms with Crippen LogP contribution in [0.2, 0.25) is 5.02 Å². The van der Waals surface area contributed by atoms with Gasteiger partial charge in [0, 0.05) is 5.69 Å². The zero-order chi connectivity index (χ0) is 15.2. The monoisotopic (exact) mass is 303 g/mol. The first kappa shape index (κ1) is 15.1. The lowest BCUT2D eigenvalue weighted by atomic mass is 10.2. The molecule has 0 aromatic heterocycles. The predicted molar refractivity (Wildman–Crippen MR) is 82.1 cm³/mol. The summed E-state index contributed by atoms with van der Waals surface area (Å²) in [4.78, 5) is 22.8. The number of hydrogen-bond acceptors (Lipinski definition) is 3. The van der Waals surface area contributed by atoms with Gasteiger partial charge < -0.3 is 10.1 Å². The van der Waals surface area contributed by atoms with Crippen LogP contribution in [-0.2, 0) is 4.79 Å². The van der Waals surface area contributed by atoms with E-state index in [1.54, 1.807) is 24.3 Å². The highest BCUT2D eigenvalue weighted by molar-refractivity contribution is 6.32. The van der Waals surface area contributed by atoms with E-state index in [0.717, 1.165) is 11.3 Å². The van der Waals surface area contributed by atoms with Gasteiger partial charge in [-0.1, -0.05) is 35.9 Å². The number of carbonyl (C=O) groups excluding carboxylic acids is 2. The van der Waals surface area contributed by atoms with Gasteiger partial charge >= 0.3 is 0 Å². The third-order valence-electron chi connectivity index (χ3n) is 2.89. The Morgan fingerprint density at radius 3 is 2.71 bits per heavy atom. The molecule has 1 amide bonds. The van der Waals surface area contributed by atoms with Crippen molar-refractivity contribution >= 4 is 29.5 Å². The van der Waals surface area contributed by atoms with Crippen molar-refractivity contribution in [3.05, 3.63) is 58.6 Å². The van der Waals surface area contributed by atoms with Crippen LogP contribution in [0.4, 0.5) is 5.69 Å². The van der Waals surface area contributed by atoms with Crippen LogP contribution in [0.15, 0.2) is 42.5 Å². The molecular weight excluding hydrogens is 290 g/mol. The molecular formula is C16H14ClNO3. The lowest BCUT2D eigenvalue weighted by molar-refractivity contribution is -0.118. The second-order valence-corrected chi connectivity index (χ2v) is 4.84. The Kier molecular flexibility index (Phi) is 4.95. The average molecular weight is 304 g/mol. The fraction of sp³-hybridized carbons (Fsp3) is 0.125. The van der Waals surface area contributed by atoms with Gasteiger partial charge in [0.2, 0.25) is 0 Å². The van der Waals surface area contributed by atoms with Gasteiger partial charge in [-0.2, -0.15) is 0 Å². The largest absolute Gasteiger partial charge is 0.481 e. The summed E-state index contributed by atoms with van der Waals surface area (Å²) in [5.41, 5.74) is 1.99. The van der Waals surface area contributed by atoms with E-state index < -0.39 is 0 Å². The summed E-state index contributed by atoms with van der Waals surface area (Å²) in [6, 6.07) is 12.3. The molecule has 2 aromatic rings. The third kappa shape index (κ3) is 3.83. The number of rotatable bonds is 5. The molecule has 0 saturated carbocycles. The Balaban J connectivity index is 2.02. The molecule has 0 bridgehead atoms. The van der Waals surface area contributed by atoms with Crippen LogP contribution in [0.25, 0.3) is 0 Å². The molecule has 0 aliphatic carbocycles. The molecule has 0 radical (unpaired) electrons. The average Bonchev–Trinajstić information content (AvgIpc) is 2.48. The minimum absolute atomic E-state index is 0.217. The topological polar surface area (TPSA) is 55.4 Å². The lowest BCUT2D eigenvalue weighted by Crippen LogP contribution is -2.21. The van der Waals surface area contributed by atoms with Crippen molar-refractivity contribution < 1.29 is 14.3 Å². The van der Waals surface area contributed by atoms with Gasteiger partial charge in [0.05, 0.1) is 10.6 Å². The number of halogens is 1. The standard InChI is InChI=1S/C16H14ClNO3/c1-11-5-2-3-8-14(11)18-15(20)10-21-16-12(9-19)6-4-7-13(16)17/h2-9H,10H2,1H3,(H,18,20). The Morgan fingerprint density at radius 1 is 1.24 bits per heavy atom. The summed E-state index contributed by atoms with van der Waals surface area (Å²) in [5, 5.41) is 3.04. The van der Waals surface area contributed by atoms with Gasteiger partial charge in [0.1, 0.15) is 5.75 Å². The summed E-state index contributed by atoms with van der Waals surface area (Å²) in [6.07, 6.45) is 0.639. The second kappa shape index (κ2) is 6.90. The highest BCUT2D eigenvalue weighted by Crippen LogP contribution is 2.27. The van der Waals surface area contributed by atoms with Crippen molar-refractivity contribution in [2.24, 2.45) is 0 Å². The Morgan fingerprint density at radius 2 is 2.00 bits per heavy atom. The number of ether oxygens (including phenoxy) is 1. The Bertz CT molecular complexity index is 670. The first-order chi connectivity index (χ1) is 10.1. The molecule has 21 heavy (non-hydrogen) atoms. The van der Waals surface area contributed by atoms with Crippen LogP contribution in [0.5, 0.6) is 5.75 Å². The van der Waals surface area contributed by atoms with Crippen molar-refractivity contribution in [1.82, 2.24) is 0 Å². The zero-order valence-electron chi connectivity index (χ0n) is 11.4. The summed E-state index contributed by atoms with van der Waals surface area (Å²) < 4.78 is 5.36. The zero-order valence-corrected chi connectivity index (χ0v) is 12.2. The predicted octanol–water partition coefficient (Wildman–Crippen LogP) is 3.48. The van der Waals surface area contributed by atoms with E-state index in [9.17, 15) is 9.59 Å². The minimum Gasteiger partial charge on any atom is -0.481 e. The first-order valence-electron chi connectivity index (χ1n) is 6.34. The van der Waals surface area contributed by atoms with Crippen molar-refractivity contribution in [1.29, 1.82) is 0 Å². The number of aryl methyl sites for hydroxylation is 1. The number of anilines is 1. The molecule has 108 valence electrons. The second-order valence-electron chi connectivity index (χ2n) is 4.43. The fourth-order valence-electron chi connectivity index (χ4n) is 1.81. The molecule has 0 aliphatic heterocycles. The molecule has 0 spiro atoms. The van der Waals surface area contributed by atoms with Crippen molar-refractivity contribution in [2.45, 2.75) is 6.92 Å². The van der Waals surface area contributed by atoms with Crippen LogP contribution in [0, 0.1) is 6.92 Å². The van der Waals surface area contributed by atoms with Crippen LogP contribution in [-0.4, -0.2) is 18.8 Å². The van der Waals surface area contributed by atoms with Crippen molar-refractivity contribution in [3.8, 4) is 5.75 Å². The van der Waals surface area contributed by atoms with Crippen LogP contribution in [0.3, 0.4) is 0 Å². The quantitative estimate of drug-likeness (QED) is 0.860. The maximum atomic E-state index is 11.9. The van der Waals surface area contributed by atoms with Crippen LogP contribution in [0.1, 0.15) is 15.9 Å².